The molecule has 0 spiro atoms. The van der Waals surface area contributed by atoms with Gasteiger partial charge in [0, 0.05) is 17.5 Å². The van der Waals surface area contributed by atoms with Gasteiger partial charge in [-0.2, -0.15) is 11.8 Å². The maximum atomic E-state index is 11.3. The second-order valence-corrected chi connectivity index (χ2v) is 5.70. The Bertz CT molecular complexity index is 206. The largest absolute Gasteiger partial charge is 0.466 e. The van der Waals surface area contributed by atoms with Crippen molar-refractivity contribution in [3.05, 3.63) is 0 Å². The minimum atomic E-state index is -0.0393. The third-order valence-electron chi connectivity index (χ3n) is 2.94. The number of rotatable bonds is 8. The van der Waals surface area contributed by atoms with Gasteiger partial charge in [0.2, 0.25) is 0 Å². The Morgan fingerprint density at radius 1 is 1.47 bits per heavy atom. The van der Waals surface area contributed by atoms with Crippen molar-refractivity contribution >= 4 is 17.7 Å². The van der Waals surface area contributed by atoms with Gasteiger partial charge in [-0.25, -0.2) is 0 Å². The molecule has 1 atom stereocenters. The van der Waals surface area contributed by atoms with Crippen molar-refractivity contribution in [2.24, 2.45) is 0 Å². The zero-order valence-corrected chi connectivity index (χ0v) is 11.7. The highest BCUT2D eigenvalue weighted by atomic mass is 32.2. The van der Waals surface area contributed by atoms with E-state index < -0.39 is 0 Å². The molecule has 1 aliphatic rings. The van der Waals surface area contributed by atoms with Crippen LogP contribution in [-0.2, 0) is 9.53 Å². The van der Waals surface area contributed by atoms with Crippen molar-refractivity contribution in [2.75, 3.05) is 24.7 Å². The molecule has 3 nitrogen and oxygen atoms in total. The fraction of sp³-hybridized carbons (Fsp3) is 0.923. The third-order valence-corrected chi connectivity index (χ3v) is 4.07. The molecule has 4 heteroatoms. The summed E-state index contributed by atoms with van der Waals surface area (Å²) >= 11 is 1.86. The van der Waals surface area contributed by atoms with Crippen LogP contribution in [-0.4, -0.2) is 36.7 Å². The lowest BCUT2D eigenvalue weighted by Gasteiger charge is -2.22. The third kappa shape index (κ3) is 7.66. The van der Waals surface area contributed by atoms with Crippen LogP contribution in [0.4, 0.5) is 0 Å². The van der Waals surface area contributed by atoms with E-state index in [1.54, 1.807) is 0 Å². The van der Waals surface area contributed by atoms with Crippen molar-refractivity contribution in [1.82, 2.24) is 5.32 Å². The normalized spacial score (nSPS) is 20.2. The van der Waals surface area contributed by atoms with Crippen LogP contribution >= 0.6 is 11.8 Å². The first-order chi connectivity index (χ1) is 8.33. The van der Waals surface area contributed by atoms with Crippen LogP contribution in [0.5, 0.6) is 0 Å². The summed E-state index contributed by atoms with van der Waals surface area (Å²) in [4.78, 5) is 11.3. The van der Waals surface area contributed by atoms with Gasteiger partial charge in [-0.15, -0.1) is 0 Å². The van der Waals surface area contributed by atoms with Gasteiger partial charge in [0.25, 0.3) is 0 Å². The quantitative estimate of drug-likeness (QED) is 0.537. The van der Waals surface area contributed by atoms with Crippen molar-refractivity contribution in [3.8, 4) is 0 Å². The molecule has 1 aliphatic heterocycles. The Kier molecular flexibility index (Phi) is 8.53. The van der Waals surface area contributed by atoms with Crippen LogP contribution in [0, 0.1) is 0 Å². The molecule has 1 fully saturated rings. The van der Waals surface area contributed by atoms with E-state index in [9.17, 15) is 4.79 Å². The van der Waals surface area contributed by atoms with Gasteiger partial charge in [-0.3, -0.25) is 4.79 Å². The lowest BCUT2D eigenvalue weighted by Crippen LogP contribution is -2.35. The highest BCUT2D eigenvalue weighted by Gasteiger charge is 2.12. The number of piperidine rings is 1. The highest BCUT2D eigenvalue weighted by molar-refractivity contribution is 7.99. The van der Waals surface area contributed by atoms with E-state index in [4.69, 9.17) is 4.74 Å². The Hall–Kier alpha value is -0.220. The smallest absolute Gasteiger partial charge is 0.306 e. The van der Waals surface area contributed by atoms with Gasteiger partial charge in [0.1, 0.15) is 0 Å². The van der Waals surface area contributed by atoms with E-state index in [0.29, 0.717) is 19.1 Å². The van der Waals surface area contributed by atoms with E-state index >= 15 is 0 Å². The fourth-order valence-corrected chi connectivity index (χ4v) is 2.90. The molecule has 1 unspecified atom stereocenters. The lowest BCUT2D eigenvalue weighted by atomic mass is 10.1. The molecule has 0 amide bonds. The molecule has 1 heterocycles. The molecule has 1 N–H and O–H groups in total. The van der Waals surface area contributed by atoms with Gasteiger partial charge in [0.15, 0.2) is 0 Å². The number of carbonyl (C=O) groups is 1. The van der Waals surface area contributed by atoms with Gasteiger partial charge in [0.05, 0.1) is 13.0 Å². The predicted octanol–water partition coefficient (Wildman–Crippen LogP) is 2.60. The molecule has 1 rings (SSSR count). The topological polar surface area (TPSA) is 38.3 Å². The second kappa shape index (κ2) is 9.77. The molecule has 100 valence electrons. The summed E-state index contributed by atoms with van der Waals surface area (Å²) in [6.45, 7) is 3.84. The van der Waals surface area contributed by atoms with E-state index in [1.807, 2.05) is 11.8 Å². The van der Waals surface area contributed by atoms with Crippen LogP contribution in [0.2, 0.25) is 0 Å². The fourth-order valence-electron chi connectivity index (χ4n) is 1.85. The Labute approximate surface area is 109 Å². The summed E-state index contributed by atoms with van der Waals surface area (Å²) < 4.78 is 5.11. The molecule has 0 aliphatic carbocycles. The van der Waals surface area contributed by atoms with Gasteiger partial charge in [-0.1, -0.05) is 19.8 Å². The number of carbonyl (C=O) groups excluding carboxylic acids is 1. The first-order valence-corrected chi connectivity index (χ1v) is 7.95. The van der Waals surface area contributed by atoms with Crippen LogP contribution in [0.25, 0.3) is 0 Å². The zero-order valence-electron chi connectivity index (χ0n) is 10.9. The van der Waals surface area contributed by atoms with E-state index in [-0.39, 0.29) is 5.97 Å². The number of ether oxygens (including phenoxy) is 1. The number of unbranched alkanes of at least 4 members (excludes halogenated alkanes) is 1. The maximum absolute atomic E-state index is 11.3. The van der Waals surface area contributed by atoms with Crippen LogP contribution in [0.1, 0.15) is 45.4 Å². The van der Waals surface area contributed by atoms with Crippen molar-refractivity contribution in [3.63, 3.8) is 0 Å². The monoisotopic (exact) mass is 259 g/mol. The molecule has 0 radical (unpaired) electrons. The lowest BCUT2D eigenvalue weighted by molar-refractivity contribution is -0.143. The standard InChI is InChI=1S/C13H25NO2S/c1-2-3-9-16-13(15)7-10-17-11-12-6-4-5-8-14-12/h12,14H,2-11H2,1H3. The Morgan fingerprint density at radius 3 is 3.06 bits per heavy atom. The number of nitrogens with one attached hydrogen (secondary N) is 1. The van der Waals surface area contributed by atoms with E-state index in [0.717, 1.165) is 30.9 Å². The van der Waals surface area contributed by atoms with Crippen LogP contribution < -0.4 is 5.32 Å². The molecule has 0 bridgehead atoms. The average molecular weight is 259 g/mol. The molecule has 17 heavy (non-hydrogen) atoms. The highest BCUT2D eigenvalue weighted by Crippen LogP contribution is 2.13. The van der Waals surface area contributed by atoms with Crippen molar-refractivity contribution < 1.29 is 9.53 Å². The molecule has 0 aromatic heterocycles. The predicted molar refractivity (Wildman–Crippen MR) is 73.5 cm³/mol. The minimum Gasteiger partial charge on any atom is -0.466 e. The average Bonchev–Trinajstić information content (AvgIpc) is 2.36. The van der Waals surface area contributed by atoms with Crippen molar-refractivity contribution in [2.45, 2.75) is 51.5 Å². The summed E-state index contributed by atoms with van der Waals surface area (Å²) in [6.07, 6.45) is 6.55. The maximum Gasteiger partial charge on any atom is 0.306 e. The molecular weight excluding hydrogens is 234 g/mol. The van der Waals surface area contributed by atoms with Gasteiger partial charge in [-0.05, 0) is 25.8 Å². The molecular formula is C13H25NO2S. The molecule has 0 aromatic rings. The Morgan fingerprint density at radius 2 is 2.35 bits per heavy atom. The zero-order chi connectivity index (χ0) is 12.3. The molecule has 0 aromatic carbocycles. The number of thioether (sulfide) groups is 1. The number of hydrogen-bond acceptors (Lipinski definition) is 4. The summed E-state index contributed by atoms with van der Waals surface area (Å²) in [5.74, 6) is 1.98. The summed E-state index contributed by atoms with van der Waals surface area (Å²) in [5, 5.41) is 3.51. The summed E-state index contributed by atoms with van der Waals surface area (Å²) in [7, 11) is 0. The van der Waals surface area contributed by atoms with Gasteiger partial charge >= 0.3 is 5.97 Å². The van der Waals surface area contributed by atoms with Crippen molar-refractivity contribution in [1.29, 1.82) is 0 Å². The SMILES string of the molecule is CCCCOC(=O)CCSCC1CCCCN1. The first kappa shape index (κ1) is 14.8. The molecule has 0 saturated carbocycles. The summed E-state index contributed by atoms with van der Waals surface area (Å²) in [6, 6.07) is 0.657. The molecule has 1 saturated heterocycles. The number of esters is 1. The van der Waals surface area contributed by atoms with E-state index in [2.05, 4.69) is 12.2 Å². The van der Waals surface area contributed by atoms with Gasteiger partial charge < -0.3 is 10.1 Å². The Balaban J connectivity index is 1.90. The number of hydrogen-bond donors (Lipinski definition) is 1. The van der Waals surface area contributed by atoms with Crippen LogP contribution in [0.3, 0.4) is 0 Å². The second-order valence-electron chi connectivity index (χ2n) is 4.55. The first-order valence-electron chi connectivity index (χ1n) is 6.79. The van der Waals surface area contributed by atoms with Crippen LogP contribution in [0.15, 0.2) is 0 Å². The summed E-state index contributed by atoms with van der Waals surface area (Å²) in [5.41, 5.74) is 0. The van der Waals surface area contributed by atoms with E-state index in [1.165, 1.54) is 19.3 Å². The minimum absolute atomic E-state index is 0.0393.